The Morgan fingerprint density at radius 3 is 2.56 bits per heavy atom. The average molecular weight is 478 g/mol. The molecule has 4 unspecified atom stereocenters. The summed E-state index contributed by atoms with van der Waals surface area (Å²) >= 11 is 0. The minimum absolute atomic E-state index is 0.152. The van der Waals surface area contributed by atoms with E-state index in [2.05, 4.69) is 16.8 Å². The summed E-state index contributed by atoms with van der Waals surface area (Å²) < 4.78 is 1.96. The van der Waals surface area contributed by atoms with Crippen LogP contribution in [-0.4, -0.2) is 36.3 Å². The smallest absolute Gasteiger partial charge is 0.299 e. The van der Waals surface area contributed by atoms with Crippen molar-refractivity contribution < 1.29 is 9.90 Å². The molecule has 2 fully saturated rings. The number of nitrogens with zero attached hydrogens (tertiary/aromatic N) is 4. The normalized spacial score (nSPS) is 22.0. The fraction of sp³-hybridized carbons (Fsp3) is 0.276. The summed E-state index contributed by atoms with van der Waals surface area (Å²) in [6.07, 6.45) is 5.40. The van der Waals surface area contributed by atoms with Gasteiger partial charge >= 0.3 is 0 Å². The molecule has 7 heteroatoms. The summed E-state index contributed by atoms with van der Waals surface area (Å²) in [6, 6.07) is 17.4. The van der Waals surface area contributed by atoms with E-state index in [4.69, 9.17) is 10.7 Å². The molecular weight excluding hydrogens is 450 g/mol. The predicted molar refractivity (Wildman–Crippen MR) is 137 cm³/mol. The van der Waals surface area contributed by atoms with Crippen LogP contribution in [0.2, 0.25) is 0 Å². The van der Waals surface area contributed by atoms with Crippen molar-refractivity contribution in [3.05, 3.63) is 83.9 Å². The van der Waals surface area contributed by atoms with Crippen LogP contribution < -0.4 is 5.73 Å². The van der Waals surface area contributed by atoms with Gasteiger partial charge in [0.1, 0.15) is 28.5 Å². The maximum atomic E-state index is 12.8. The number of imidazole rings is 1. The van der Waals surface area contributed by atoms with E-state index < -0.39 is 5.60 Å². The number of hydrogen-bond acceptors (Lipinski definition) is 5. The van der Waals surface area contributed by atoms with E-state index in [1.54, 1.807) is 20.0 Å². The van der Waals surface area contributed by atoms with Crippen molar-refractivity contribution >= 4 is 17.2 Å². The number of anilines is 1. The van der Waals surface area contributed by atoms with Gasteiger partial charge in [-0.15, -0.1) is 0 Å². The molecule has 7 nitrogen and oxygen atoms in total. The number of nitrogen functional groups attached to an aromatic ring is 1. The summed E-state index contributed by atoms with van der Waals surface area (Å²) in [4.78, 5) is 24.1. The fourth-order valence-corrected chi connectivity index (χ4v) is 5.56. The highest BCUT2D eigenvalue weighted by atomic mass is 16.3. The van der Waals surface area contributed by atoms with E-state index in [0.717, 1.165) is 35.4 Å². The molecule has 3 N–H and O–H groups in total. The third-order valence-electron chi connectivity index (χ3n) is 7.54. The lowest BCUT2D eigenvalue weighted by Gasteiger charge is -2.25. The molecule has 0 bridgehead atoms. The Kier molecular flexibility index (Phi) is 5.09. The van der Waals surface area contributed by atoms with Crippen molar-refractivity contribution in [2.45, 2.75) is 44.4 Å². The molecule has 4 atom stereocenters. The highest BCUT2D eigenvalue weighted by Crippen LogP contribution is 2.53. The first kappa shape index (κ1) is 22.3. The van der Waals surface area contributed by atoms with Gasteiger partial charge in [-0.25, -0.2) is 9.97 Å². The Morgan fingerprint density at radius 2 is 1.83 bits per heavy atom. The van der Waals surface area contributed by atoms with Gasteiger partial charge in [-0.05, 0) is 49.7 Å². The lowest BCUT2D eigenvalue weighted by atomic mass is 9.87. The molecule has 6 rings (SSSR count). The maximum absolute atomic E-state index is 12.8. The topological polar surface area (TPSA) is 96.8 Å². The molecule has 2 aromatic carbocycles. The molecule has 2 aromatic heterocycles. The maximum Gasteiger partial charge on any atom is 0.299 e. The standard InChI is InChI=1S/C29H27N5O2/c1-3-7-24(35)34-22-16-19(22)17-23(34)28-32-25(26-27(30)31-14-15-33(26)28)18-10-12-21(13-11-18)29(2,36)20-8-5-4-6-9-20/h4-6,8-15,19,22-23,36H,16-17H2,1-2H3,(H2,30,31). The Hall–Kier alpha value is -4.15. The van der Waals surface area contributed by atoms with Gasteiger partial charge in [0.15, 0.2) is 0 Å². The van der Waals surface area contributed by atoms with Crippen LogP contribution in [0.4, 0.5) is 5.82 Å². The summed E-state index contributed by atoms with van der Waals surface area (Å²) in [5.74, 6) is 6.95. The van der Waals surface area contributed by atoms with Crippen molar-refractivity contribution in [1.82, 2.24) is 19.3 Å². The van der Waals surface area contributed by atoms with Crippen LogP contribution in [-0.2, 0) is 10.4 Å². The molecule has 1 saturated heterocycles. The zero-order valence-electron chi connectivity index (χ0n) is 20.2. The zero-order chi connectivity index (χ0) is 25.0. The molecule has 0 radical (unpaired) electrons. The van der Waals surface area contributed by atoms with Gasteiger partial charge < -0.3 is 15.7 Å². The summed E-state index contributed by atoms with van der Waals surface area (Å²) in [7, 11) is 0. The summed E-state index contributed by atoms with van der Waals surface area (Å²) in [5, 5.41) is 11.2. The number of likely N-dealkylation sites (tertiary alicyclic amines) is 1. The third-order valence-corrected chi connectivity index (χ3v) is 7.54. The van der Waals surface area contributed by atoms with Crippen molar-refractivity contribution in [2.75, 3.05) is 5.73 Å². The SMILES string of the molecule is CC#CC(=O)N1C(c2nc(-c3ccc(C(C)(O)c4ccccc4)cc3)c3c(N)nccn23)CC2CC21. The Balaban J connectivity index is 1.42. The number of aromatic nitrogens is 3. The molecular formula is C29H27N5O2. The molecule has 2 aliphatic rings. The fourth-order valence-electron chi connectivity index (χ4n) is 5.56. The minimum atomic E-state index is -1.13. The van der Waals surface area contributed by atoms with Gasteiger partial charge in [0.25, 0.3) is 5.91 Å². The van der Waals surface area contributed by atoms with E-state index in [1.165, 1.54) is 0 Å². The van der Waals surface area contributed by atoms with E-state index in [9.17, 15) is 9.90 Å². The van der Waals surface area contributed by atoms with Gasteiger partial charge in [-0.1, -0.05) is 60.5 Å². The Bertz CT molecular complexity index is 1530. The first-order valence-electron chi connectivity index (χ1n) is 12.2. The number of rotatable bonds is 4. The van der Waals surface area contributed by atoms with Gasteiger partial charge in [0, 0.05) is 24.0 Å². The lowest BCUT2D eigenvalue weighted by Crippen LogP contribution is -2.33. The number of fused-ring (bicyclic) bond motifs is 2. The lowest BCUT2D eigenvalue weighted by molar-refractivity contribution is -0.127. The summed E-state index contributed by atoms with van der Waals surface area (Å²) in [5.41, 5.74) is 9.09. The van der Waals surface area contributed by atoms with Gasteiger partial charge in [0.2, 0.25) is 0 Å². The quantitative estimate of drug-likeness (QED) is 0.434. The highest BCUT2D eigenvalue weighted by Gasteiger charge is 2.55. The van der Waals surface area contributed by atoms with E-state index >= 15 is 0 Å². The number of amides is 1. The van der Waals surface area contributed by atoms with E-state index in [-0.39, 0.29) is 18.0 Å². The molecule has 36 heavy (non-hydrogen) atoms. The Morgan fingerprint density at radius 1 is 1.11 bits per heavy atom. The molecule has 180 valence electrons. The molecule has 1 saturated carbocycles. The minimum Gasteiger partial charge on any atom is -0.382 e. The Labute approximate surface area is 209 Å². The number of hydrogen-bond donors (Lipinski definition) is 2. The first-order valence-corrected chi connectivity index (χ1v) is 12.2. The second kappa shape index (κ2) is 8.21. The average Bonchev–Trinajstić information content (AvgIpc) is 3.37. The van der Waals surface area contributed by atoms with Crippen molar-refractivity contribution in [3.8, 4) is 23.1 Å². The van der Waals surface area contributed by atoms with Crippen LogP contribution in [0.5, 0.6) is 0 Å². The number of aliphatic hydroxyl groups is 1. The molecule has 4 aromatic rings. The van der Waals surface area contributed by atoms with Crippen molar-refractivity contribution in [3.63, 3.8) is 0 Å². The number of benzene rings is 2. The van der Waals surface area contributed by atoms with Crippen LogP contribution in [0.3, 0.4) is 0 Å². The van der Waals surface area contributed by atoms with Crippen LogP contribution in [0, 0.1) is 17.8 Å². The van der Waals surface area contributed by atoms with E-state index in [1.807, 2.05) is 70.1 Å². The van der Waals surface area contributed by atoms with Gasteiger partial charge in [-0.3, -0.25) is 9.20 Å². The van der Waals surface area contributed by atoms with Crippen LogP contribution in [0.15, 0.2) is 67.0 Å². The number of carbonyl (C=O) groups is 1. The van der Waals surface area contributed by atoms with Crippen LogP contribution in [0.1, 0.15) is 49.7 Å². The number of piperidine rings is 1. The zero-order valence-corrected chi connectivity index (χ0v) is 20.2. The molecule has 0 spiro atoms. The second-order valence-corrected chi connectivity index (χ2v) is 9.77. The van der Waals surface area contributed by atoms with Gasteiger partial charge in [-0.2, -0.15) is 0 Å². The molecule has 1 aliphatic carbocycles. The first-order chi connectivity index (χ1) is 17.4. The molecule has 3 heterocycles. The highest BCUT2D eigenvalue weighted by molar-refractivity contribution is 5.94. The van der Waals surface area contributed by atoms with Crippen LogP contribution >= 0.6 is 0 Å². The summed E-state index contributed by atoms with van der Waals surface area (Å²) in [6.45, 7) is 3.47. The number of nitrogens with two attached hydrogens (primary N) is 1. The monoisotopic (exact) mass is 477 g/mol. The third kappa shape index (κ3) is 3.45. The molecule has 1 amide bonds. The van der Waals surface area contributed by atoms with Gasteiger partial charge in [0.05, 0.1) is 6.04 Å². The van der Waals surface area contributed by atoms with Crippen molar-refractivity contribution in [2.24, 2.45) is 5.92 Å². The van der Waals surface area contributed by atoms with E-state index in [0.29, 0.717) is 22.9 Å². The van der Waals surface area contributed by atoms with Crippen LogP contribution in [0.25, 0.3) is 16.8 Å². The largest absolute Gasteiger partial charge is 0.382 e. The predicted octanol–water partition coefficient (Wildman–Crippen LogP) is 3.92. The second-order valence-electron chi connectivity index (χ2n) is 9.77. The number of carbonyl (C=O) groups excluding carboxylic acids is 1. The van der Waals surface area contributed by atoms with Crippen molar-refractivity contribution in [1.29, 1.82) is 0 Å². The molecule has 1 aliphatic heterocycles.